The van der Waals surface area contributed by atoms with Gasteiger partial charge < -0.3 is 10.4 Å². The van der Waals surface area contributed by atoms with Gasteiger partial charge in [-0.2, -0.15) is 0 Å². The molecule has 2 aromatic rings. The highest BCUT2D eigenvalue weighted by molar-refractivity contribution is 9.10. The van der Waals surface area contributed by atoms with Gasteiger partial charge in [0.15, 0.2) is 0 Å². The van der Waals surface area contributed by atoms with Gasteiger partial charge in [-0.25, -0.2) is 0 Å². The van der Waals surface area contributed by atoms with E-state index in [-0.39, 0.29) is 6.04 Å². The van der Waals surface area contributed by atoms with E-state index in [4.69, 9.17) is 0 Å². The average molecular weight is 388 g/mol. The van der Waals surface area contributed by atoms with Crippen molar-refractivity contribution >= 4 is 15.9 Å². The Bertz CT molecular complexity index is 653. The molecule has 2 rings (SSSR count). The van der Waals surface area contributed by atoms with Crippen molar-refractivity contribution in [3.05, 3.63) is 82.3 Å². The third kappa shape index (κ3) is 5.30. The van der Waals surface area contributed by atoms with E-state index < -0.39 is 5.60 Å². The number of hydrogen-bond donors (Lipinski definition) is 2. The fourth-order valence-electron chi connectivity index (χ4n) is 2.95. The summed E-state index contributed by atoms with van der Waals surface area (Å²) in [7, 11) is 0. The monoisotopic (exact) mass is 387 g/mol. The molecule has 0 saturated carbocycles. The smallest absolute Gasteiger partial charge is 0.0945 e. The Morgan fingerprint density at radius 1 is 1.17 bits per heavy atom. The highest BCUT2D eigenvalue weighted by Crippen LogP contribution is 2.31. The molecule has 0 spiro atoms. The zero-order valence-electron chi connectivity index (χ0n) is 14.4. The lowest BCUT2D eigenvalue weighted by Gasteiger charge is -2.30. The van der Waals surface area contributed by atoms with Gasteiger partial charge in [-0.15, -0.1) is 6.58 Å². The van der Waals surface area contributed by atoms with Gasteiger partial charge in [-0.05, 0) is 50.1 Å². The second-order valence-electron chi connectivity index (χ2n) is 6.51. The topological polar surface area (TPSA) is 32.3 Å². The minimum absolute atomic E-state index is 0.239. The Balaban J connectivity index is 2.00. The van der Waals surface area contributed by atoms with Crippen molar-refractivity contribution in [2.75, 3.05) is 6.54 Å². The summed E-state index contributed by atoms with van der Waals surface area (Å²) in [4.78, 5) is 0. The maximum atomic E-state index is 11.2. The molecule has 0 bridgehead atoms. The van der Waals surface area contributed by atoms with E-state index in [2.05, 4.69) is 59.0 Å². The first kappa shape index (κ1) is 18.9. The van der Waals surface area contributed by atoms with Gasteiger partial charge >= 0.3 is 0 Å². The molecular weight excluding hydrogens is 362 g/mol. The van der Waals surface area contributed by atoms with Gasteiger partial charge in [-0.3, -0.25) is 0 Å². The van der Waals surface area contributed by atoms with Crippen LogP contribution in [0.4, 0.5) is 0 Å². The minimum atomic E-state index is -0.875. The van der Waals surface area contributed by atoms with E-state index in [1.54, 1.807) is 0 Å². The molecule has 2 nitrogen and oxygen atoms in total. The van der Waals surface area contributed by atoms with Crippen molar-refractivity contribution in [3.63, 3.8) is 0 Å². The van der Waals surface area contributed by atoms with Crippen molar-refractivity contribution in [2.24, 2.45) is 0 Å². The van der Waals surface area contributed by atoms with Crippen LogP contribution >= 0.6 is 15.9 Å². The van der Waals surface area contributed by atoms with Crippen LogP contribution in [-0.4, -0.2) is 11.7 Å². The zero-order valence-corrected chi connectivity index (χ0v) is 16.0. The lowest BCUT2D eigenvalue weighted by atomic mass is 9.85. The van der Waals surface area contributed by atoms with E-state index >= 15 is 0 Å². The third-order valence-electron chi connectivity index (χ3n) is 4.26. The zero-order chi connectivity index (χ0) is 17.6. The van der Waals surface area contributed by atoms with Crippen LogP contribution < -0.4 is 5.32 Å². The summed E-state index contributed by atoms with van der Waals surface area (Å²) >= 11 is 3.46. The molecule has 3 heteroatoms. The molecule has 2 unspecified atom stereocenters. The summed E-state index contributed by atoms with van der Waals surface area (Å²) < 4.78 is 1.08. The first-order valence-corrected chi connectivity index (χ1v) is 9.11. The van der Waals surface area contributed by atoms with E-state index in [9.17, 15) is 5.11 Å². The van der Waals surface area contributed by atoms with E-state index in [0.717, 1.165) is 22.2 Å². The Labute approximate surface area is 153 Å². The Morgan fingerprint density at radius 2 is 1.79 bits per heavy atom. The molecule has 0 radical (unpaired) electrons. The number of rotatable bonds is 8. The Hall–Kier alpha value is -1.42. The molecule has 128 valence electrons. The molecule has 2 atom stereocenters. The molecule has 0 fully saturated rings. The molecular formula is C21H26BrNO. The maximum absolute atomic E-state index is 11.2. The van der Waals surface area contributed by atoms with Gasteiger partial charge in [-0.1, -0.05) is 64.0 Å². The van der Waals surface area contributed by atoms with E-state index in [1.807, 2.05) is 37.3 Å². The SMILES string of the molecule is C=C(C)CC(O)(CCNC(C)c1ccc(Br)cc1)c1ccccc1. The molecule has 2 aromatic carbocycles. The molecule has 0 amide bonds. The number of halogens is 1. The Kier molecular flexibility index (Phi) is 6.79. The lowest BCUT2D eigenvalue weighted by molar-refractivity contribution is 0.0276. The van der Waals surface area contributed by atoms with Crippen molar-refractivity contribution in [2.45, 2.75) is 38.3 Å². The number of hydrogen-bond acceptors (Lipinski definition) is 2. The van der Waals surface area contributed by atoms with Gasteiger partial charge in [0, 0.05) is 16.9 Å². The predicted octanol–water partition coefficient (Wildman–Crippen LogP) is 5.34. The van der Waals surface area contributed by atoms with Crippen LogP contribution in [0, 0.1) is 0 Å². The summed E-state index contributed by atoms with van der Waals surface area (Å²) in [5.74, 6) is 0. The van der Waals surface area contributed by atoms with Crippen molar-refractivity contribution in [3.8, 4) is 0 Å². The fourth-order valence-corrected chi connectivity index (χ4v) is 3.21. The van der Waals surface area contributed by atoms with Gasteiger partial charge in [0.1, 0.15) is 0 Å². The molecule has 0 aliphatic heterocycles. The molecule has 2 N–H and O–H groups in total. The standard InChI is InChI=1S/C21H26BrNO/c1-16(2)15-21(24,19-7-5-4-6-8-19)13-14-23-17(3)18-9-11-20(22)12-10-18/h4-12,17,23-24H,1,13-15H2,2-3H3. The molecule has 0 aromatic heterocycles. The van der Waals surface area contributed by atoms with Crippen molar-refractivity contribution in [1.82, 2.24) is 5.32 Å². The average Bonchev–Trinajstić information content (AvgIpc) is 2.55. The van der Waals surface area contributed by atoms with Crippen LogP contribution in [0.3, 0.4) is 0 Å². The Morgan fingerprint density at radius 3 is 2.38 bits per heavy atom. The second kappa shape index (κ2) is 8.61. The van der Waals surface area contributed by atoms with Crippen LogP contribution in [0.25, 0.3) is 0 Å². The van der Waals surface area contributed by atoms with Crippen LogP contribution in [-0.2, 0) is 5.60 Å². The highest BCUT2D eigenvalue weighted by atomic mass is 79.9. The van der Waals surface area contributed by atoms with Crippen LogP contribution in [0.2, 0.25) is 0 Å². The normalized spacial score (nSPS) is 14.8. The molecule has 0 heterocycles. The second-order valence-corrected chi connectivity index (χ2v) is 7.42. The van der Waals surface area contributed by atoms with Crippen molar-refractivity contribution < 1.29 is 5.11 Å². The van der Waals surface area contributed by atoms with Crippen LogP contribution in [0.1, 0.15) is 43.9 Å². The maximum Gasteiger partial charge on any atom is 0.0945 e. The molecule has 0 aliphatic rings. The van der Waals surface area contributed by atoms with Gasteiger partial charge in [0.25, 0.3) is 0 Å². The minimum Gasteiger partial charge on any atom is -0.385 e. The number of nitrogens with one attached hydrogen (secondary N) is 1. The highest BCUT2D eigenvalue weighted by Gasteiger charge is 2.28. The third-order valence-corrected chi connectivity index (χ3v) is 4.79. The summed E-state index contributed by atoms with van der Waals surface area (Å²) in [6, 6.07) is 18.4. The van der Waals surface area contributed by atoms with Crippen LogP contribution in [0.15, 0.2) is 71.2 Å². The first-order valence-electron chi connectivity index (χ1n) is 8.32. The summed E-state index contributed by atoms with van der Waals surface area (Å²) in [5.41, 5.74) is 2.30. The van der Waals surface area contributed by atoms with Gasteiger partial charge in [0.05, 0.1) is 5.60 Å². The predicted molar refractivity (Wildman–Crippen MR) is 105 cm³/mol. The summed E-state index contributed by atoms with van der Waals surface area (Å²) in [6.45, 7) is 8.82. The largest absolute Gasteiger partial charge is 0.385 e. The summed E-state index contributed by atoms with van der Waals surface area (Å²) in [6.07, 6.45) is 1.22. The molecule has 0 aliphatic carbocycles. The van der Waals surface area contributed by atoms with E-state index in [0.29, 0.717) is 12.8 Å². The fraction of sp³-hybridized carbons (Fsp3) is 0.333. The quantitative estimate of drug-likeness (QED) is 0.598. The molecule has 24 heavy (non-hydrogen) atoms. The number of benzene rings is 2. The summed E-state index contributed by atoms with van der Waals surface area (Å²) in [5, 5.41) is 14.7. The lowest BCUT2D eigenvalue weighted by Crippen LogP contribution is -2.32. The first-order chi connectivity index (χ1) is 11.4. The van der Waals surface area contributed by atoms with E-state index in [1.165, 1.54) is 5.56 Å². The van der Waals surface area contributed by atoms with Gasteiger partial charge in [0.2, 0.25) is 0 Å². The molecule has 0 saturated heterocycles. The van der Waals surface area contributed by atoms with Crippen molar-refractivity contribution in [1.29, 1.82) is 0 Å². The van der Waals surface area contributed by atoms with Crippen LogP contribution in [0.5, 0.6) is 0 Å². The number of aliphatic hydroxyl groups is 1.